The van der Waals surface area contributed by atoms with E-state index >= 15 is 0 Å². The van der Waals surface area contributed by atoms with Gasteiger partial charge in [-0.05, 0) is 13.8 Å². The molecule has 1 rings (SSSR count). The van der Waals surface area contributed by atoms with Gasteiger partial charge in [-0.2, -0.15) is 5.10 Å². The first-order valence-corrected chi connectivity index (χ1v) is 6.90. The molecule has 1 heterocycles. The van der Waals surface area contributed by atoms with E-state index in [1.807, 2.05) is 6.92 Å². The molecular weight excluding hydrogens is 230 g/mol. The Balaban J connectivity index is 2.80. The third-order valence-electron chi connectivity index (χ3n) is 2.42. The lowest BCUT2D eigenvalue weighted by Crippen LogP contribution is -2.28. The highest BCUT2D eigenvalue weighted by Crippen LogP contribution is 2.05. The number of aryl methyl sites for hydroxylation is 1. The van der Waals surface area contributed by atoms with Crippen molar-refractivity contribution in [3.8, 4) is 0 Å². The SMILES string of the molecule is CCn1ncnc1CC(=O)C(C)S(C)(=O)=O. The molecule has 0 aliphatic heterocycles. The van der Waals surface area contributed by atoms with Crippen LogP contribution in [0.15, 0.2) is 6.33 Å². The number of sulfone groups is 1. The minimum absolute atomic E-state index is 0.00206. The van der Waals surface area contributed by atoms with Crippen LogP contribution >= 0.6 is 0 Å². The molecule has 0 spiro atoms. The standard InChI is InChI=1S/C9H15N3O3S/c1-4-12-9(10-6-11-12)5-8(13)7(2)16(3,14)15/h6-7H,4-5H2,1-3H3. The zero-order valence-corrected chi connectivity index (χ0v) is 10.4. The van der Waals surface area contributed by atoms with E-state index in [0.717, 1.165) is 6.26 Å². The van der Waals surface area contributed by atoms with E-state index in [1.54, 1.807) is 4.68 Å². The average molecular weight is 245 g/mol. The van der Waals surface area contributed by atoms with E-state index in [-0.39, 0.29) is 12.2 Å². The highest BCUT2D eigenvalue weighted by atomic mass is 32.2. The minimum atomic E-state index is -3.33. The summed E-state index contributed by atoms with van der Waals surface area (Å²) in [5, 5.41) is 2.92. The quantitative estimate of drug-likeness (QED) is 0.720. The molecule has 16 heavy (non-hydrogen) atoms. The molecule has 1 atom stereocenters. The summed E-state index contributed by atoms with van der Waals surface area (Å²) in [4.78, 5) is 15.6. The van der Waals surface area contributed by atoms with Crippen LogP contribution in [0.5, 0.6) is 0 Å². The van der Waals surface area contributed by atoms with Gasteiger partial charge in [-0.15, -0.1) is 0 Å². The molecule has 0 saturated carbocycles. The van der Waals surface area contributed by atoms with Crippen molar-refractivity contribution in [2.24, 2.45) is 0 Å². The lowest BCUT2D eigenvalue weighted by Gasteiger charge is -2.08. The Morgan fingerprint density at radius 1 is 1.56 bits per heavy atom. The van der Waals surface area contributed by atoms with Crippen LogP contribution in [-0.4, -0.2) is 40.5 Å². The van der Waals surface area contributed by atoms with Gasteiger partial charge in [0, 0.05) is 12.8 Å². The monoisotopic (exact) mass is 245 g/mol. The van der Waals surface area contributed by atoms with Crippen LogP contribution in [0.3, 0.4) is 0 Å². The van der Waals surface area contributed by atoms with Gasteiger partial charge in [-0.1, -0.05) is 0 Å². The first-order valence-electron chi connectivity index (χ1n) is 4.94. The van der Waals surface area contributed by atoms with Crippen LogP contribution < -0.4 is 0 Å². The van der Waals surface area contributed by atoms with Gasteiger partial charge in [0.25, 0.3) is 0 Å². The van der Waals surface area contributed by atoms with E-state index in [9.17, 15) is 13.2 Å². The van der Waals surface area contributed by atoms with Crippen molar-refractivity contribution in [2.45, 2.75) is 32.1 Å². The van der Waals surface area contributed by atoms with E-state index in [1.165, 1.54) is 13.3 Å². The van der Waals surface area contributed by atoms with Crippen molar-refractivity contribution in [1.82, 2.24) is 14.8 Å². The summed E-state index contributed by atoms with van der Waals surface area (Å²) in [6.07, 6.45) is 2.42. The number of carbonyl (C=O) groups excluding carboxylic acids is 1. The van der Waals surface area contributed by atoms with Gasteiger partial charge in [-0.25, -0.2) is 18.1 Å². The molecule has 0 bridgehead atoms. The van der Waals surface area contributed by atoms with Crippen molar-refractivity contribution in [2.75, 3.05) is 6.26 Å². The summed E-state index contributed by atoms with van der Waals surface area (Å²) in [7, 11) is -3.33. The second-order valence-electron chi connectivity index (χ2n) is 3.61. The van der Waals surface area contributed by atoms with Crippen LogP contribution in [-0.2, 0) is 27.6 Å². The van der Waals surface area contributed by atoms with E-state index in [2.05, 4.69) is 10.1 Å². The van der Waals surface area contributed by atoms with E-state index in [4.69, 9.17) is 0 Å². The Kier molecular flexibility index (Phi) is 3.79. The van der Waals surface area contributed by atoms with Gasteiger partial charge in [0.2, 0.25) is 0 Å². The molecular formula is C9H15N3O3S. The van der Waals surface area contributed by atoms with Crippen molar-refractivity contribution >= 4 is 15.6 Å². The fourth-order valence-corrected chi connectivity index (χ4v) is 1.79. The molecule has 1 aromatic rings. The Labute approximate surface area is 94.6 Å². The van der Waals surface area contributed by atoms with Gasteiger partial charge in [-0.3, -0.25) is 4.79 Å². The van der Waals surface area contributed by atoms with E-state index in [0.29, 0.717) is 12.4 Å². The zero-order valence-electron chi connectivity index (χ0n) is 9.54. The molecule has 6 nitrogen and oxygen atoms in total. The molecule has 0 aliphatic carbocycles. The summed E-state index contributed by atoms with van der Waals surface area (Å²) in [5.74, 6) is 0.146. The third kappa shape index (κ3) is 2.88. The van der Waals surface area contributed by atoms with Gasteiger partial charge >= 0.3 is 0 Å². The Morgan fingerprint density at radius 2 is 2.19 bits per heavy atom. The molecule has 0 amide bonds. The van der Waals surface area contributed by atoms with Crippen LogP contribution in [0.2, 0.25) is 0 Å². The molecule has 0 saturated heterocycles. The van der Waals surface area contributed by atoms with Gasteiger partial charge in [0.1, 0.15) is 17.4 Å². The number of hydrogen-bond donors (Lipinski definition) is 0. The number of rotatable bonds is 5. The van der Waals surface area contributed by atoms with Crippen LogP contribution in [0.4, 0.5) is 0 Å². The number of Topliss-reactive ketones (excluding diaryl/α,β-unsaturated/α-hetero) is 1. The first-order chi connectivity index (χ1) is 7.36. The summed E-state index contributed by atoms with van der Waals surface area (Å²) >= 11 is 0. The molecule has 1 aromatic heterocycles. The lowest BCUT2D eigenvalue weighted by atomic mass is 10.2. The van der Waals surface area contributed by atoms with Crippen molar-refractivity contribution in [3.63, 3.8) is 0 Å². The second-order valence-corrected chi connectivity index (χ2v) is 5.97. The fraction of sp³-hybridized carbons (Fsp3) is 0.667. The smallest absolute Gasteiger partial charge is 0.158 e. The maximum Gasteiger partial charge on any atom is 0.158 e. The van der Waals surface area contributed by atoms with Crippen molar-refractivity contribution < 1.29 is 13.2 Å². The Bertz CT molecular complexity index is 478. The number of aromatic nitrogens is 3. The van der Waals surface area contributed by atoms with Crippen LogP contribution in [0.1, 0.15) is 19.7 Å². The molecule has 0 fully saturated rings. The largest absolute Gasteiger partial charge is 0.298 e. The highest BCUT2D eigenvalue weighted by molar-refractivity contribution is 7.92. The minimum Gasteiger partial charge on any atom is -0.298 e. The molecule has 0 radical (unpaired) electrons. The fourth-order valence-electron chi connectivity index (χ4n) is 1.23. The highest BCUT2D eigenvalue weighted by Gasteiger charge is 2.24. The predicted molar refractivity (Wildman–Crippen MR) is 58.7 cm³/mol. The lowest BCUT2D eigenvalue weighted by molar-refractivity contribution is -0.117. The Hall–Kier alpha value is -1.24. The molecule has 0 aromatic carbocycles. The summed E-state index contributed by atoms with van der Waals surface area (Å²) in [5.41, 5.74) is 0. The number of nitrogens with zero attached hydrogens (tertiary/aromatic N) is 3. The van der Waals surface area contributed by atoms with E-state index < -0.39 is 15.1 Å². The van der Waals surface area contributed by atoms with Crippen molar-refractivity contribution in [1.29, 1.82) is 0 Å². The molecule has 7 heteroatoms. The molecule has 0 aliphatic rings. The number of hydrogen-bond acceptors (Lipinski definition) is 5. The van der Waals surface area contributed by atoms with Crippen molar-refractivity contribution in [3.05, 3.63) is 12.2 Å². The first kappa shape index (κ1) is 12.8. The maximum atomic E-state index is 11.7. The van der Waals surface area contributed by atoms with Gasteiger partial charge < -0.3 is 0 Å². The van der Waals surface area contributed by atoms with Crippen LogP contribution in [0, 0.1) is 0 Å². The van der Waals surface area contributed by atoms with Gasteiger partial charge in [0.15, 0.2) is 15.6 Å². The molecule has 1 unspecified atom stereocenters. The third-order valence-corrected chi connectivity index (χ3v) is 3.97. The number of ketones is 1. The van der Waals surface area contributed by atoms with Gasteiger partial charge in [0.05, 0.1) is 6.42 Å². The second kappa shape index (κ2) is 4.73. The molecule has 0 N–H and O–H groups in total. The Morgan fingerprint density at radius 3 is 2.69 bits per heavy atom. The molecule has 90 valence electrons. The maximum absolute atomic E-state index is 11.7. The summed E-state index contributed by atoms with van der Waals surface area (Å²) in [6.45, 7) is 3.88. The van der Waals surface area contributed by atoms with Crippen LogP contribution in [0.25, 0.3) is 0 Å². The topological polar surface area (TPSA) is 81.9 Å². The predicted octanol–water partition coefficient (Wildman–Crippen LogP) is -0.157. The summed E-state index contributed by atoms with van der Waals surface area (Å²) in [6, 6.07) is 0. The average Bonchev–Trinajstić information content (AvgIpc) is 2.62. The number of carbonyl (C=O) groups is 1. The summed E-state index contributed by atoms with van der Waals surface area (Å²) < 4.78 is 24.0. The normalized spacial score (nSPS) is 13.7. The zero-order chi connectivity index (χ0) is 12.3.